The summed E-state index contributed by atoms with van der Waals surface area (Å²) < 4.78 is 5.21. The van der Waals surface area contributed by atoms with Gasteiger partial charge in [-0.2, -0.15) is 4.98 Å². The molecule has 1 aliphatic rings. The molecule has 0 saturated heterocycles. The summed E-state index contributed by atoms with van der Waals surface area (Å²) >= 11 is 0. The van der Waals surface area contributed by atoms with Gasteiger partial charge in [0.25, 0.3) is 0 Å². The zero-order chi connectivity index (χ0) is 13.0. The molecule has 18 heavy (non-hydrogen) atoms. The zero-order valence-electron chi connectivity index (χ0n) is 10.8. The van der Waals surface area contributed by atoms with Crippen LogP contribution in [0, 0.1) is 5.41 Å². The minimum atomic E-state index is -0.730. The maximum atomic E-state index is 11.1. The number of rotatable bonds is 5. The lowest BCUT2D eigenvalue weighted by atomic mass is 9.69. The normalized spacial score (nSPS) is 18.7. The van der Waals surface area contributed by atoms with E-state index < -0.39 is 5.97 Å². The van der Waals surface area contributed by atoms with Crippen molar-refractivity contribution in [3.8, 4) is 0 Å². The Hall–Kier alpha value is -1.39. The molecule has 0 spiro atoms. The van der Waals surface area contributed by atoms with Crippen LogP contribution < -0.4 is 0 Å². The molecule has 1 fully saturated rings. The molecule has 0 aromatic carbocycles. The van der Waals surface area contributed by atoms with E-state index in [9.17, 15) is 4.79 Å². The van der Waals surface area contributed by atoms with E-state index in [-0.39, 0.29) is 11.8 Å². The largest absolute Gasteiger partial charge is 0.481 e. The van der Waals surface area contributed by atoms with Gasteiger partial charge in [0.2, 0.25) is 5.89 Å². The lowest BCUT2D eigenvalue weighted by Gasteiger charge is -2.34. The second-order valence-electron chi connectivity index (χ2n) is 5.27. The number of hydrogen-bond donors (Lipinski definition) is 1. The SMILES string of the molecule is CCc1noc(CC2(CC(=O)O)CCCCC2)n1. The Morgan fingerprint density at radius 1 is 1.39 bits per heavy atom. The van der Waals surface area contributed by atoms with E-state index >= 15 is 0 Å². The third-order valence-corrected chi connectivity index (χ3v) is 3.79. The molecular formula is C13H20N2O3. The topological polar surface area (TPSA) is 76.2 Å². The van der Waals surface area contributed by atoms with Crippen molar-refractivity contribution in [2.24, 2.45) is 5.41 Å². The zero-order valence-corrected chi connectivity index (χ0v) is 10.8. The number of hydrogen-bond acceptors (Lipinski definition) is 4. The number of aryl methyl sites for hydroxylation is 1. The van der Waals surface area contributed by atoms with Crippen molar-refractivity contribution in [1.29, 1.82) is 0 Å². The highest BCUT2D eigenvalue weighted by molar-refractivity contribution is 5.67. The van der Waals surface area contributed by atoms with Crippen LogP contribution >= 0.6 is 0 Å². The molecule has 1 aliphatic carbocycles. The molecule has 0 aliphatic heterocycles. The molecule has 0 bridgehead atoms. The highest BCUT2D eigenvalue weighted by Gasteiger charge is 2.36. The van der Waals surface area contributed by atoms with E-state index in [2.05, 4.69) is 10.1 Å². The molecule has 100 valence electrons. The lowest BCUT2D eigenvalue weighted by Crippen LogP contribution is -2.29. The van der Waals surface area contributed by atoms with E-state index in [0.29, 0.717) is 18.1 Å². The van der Waals surface area contributed by atoms with Crippen LogP contribution in [0.2, 0.25) is 0 Å². The predicted molar refractivity (Wildman–Crippen MR) is 65.2 cm³/mol. The Morgan fingerprint density at radius 3 is 2.67 bits per heavy atom. The van der Waals surface area contributed by atoms with Crippen LogP contribution in [0.5, 0.6) is 0 Å². The van der Waals surface area contributed by atoms with Crippen molar-refractivity contribution in [3.05, 3.63) is 11.7 Å². The van der Waals surface area contributed by atoms with Gasteiger partial charge >= 0.3 is 5.97 Å². The third kappa shape index (κ3) is 3.09. The average molecular weight is 252 g/mol. The maximum Gasteiger partial charge on any atom is 0.303 e. The van der Waals surface area contributed by atoms with Crippen LogP contribution in [0.3, 0.4) is 0 Å². The Kier molecular flexibility index (Phi) is 3.99. The third-order valence-electron chi connectivity index (χ3n) is 3.79. The van der Waals surface area contributed by atoms with Crippen LogP contribution in [-0.4, -0.2) is 21.2 Å². The van der Waals surface area contributed by atoms with Gasteiger partial charge in [-0.3, -0.25) is 4.79 Å². The first-order valence-corrected chi connectivity index (χ1v) is 6.67. The van der Waals surface area contributed by atoms with Crippen LogP contribution in [0.1, 0.15) is 57.2 Å². The van der Waals surface area contributed by atoms with Crippen molar-refractivity contribution in [1.82, 2.24) is 10.1 Å². The van der Waals surface area contributed by atoms with Crippen LogP contribution in [0.15, 0.2) is 4.52 Å². The van der Waals surface area contributed by atoms with E-state index in [1.165, 1.54) is 6.42 Å². The Bertz CT molecular complexity index is 408. The highest BCUT2D eigenvalue weighted by atomic mass is 16.5. The van der Waals surface area contributed by atoms with E-state index in [0.717, 1.165) is 32.1 Å². The fourth-order valence-corrected chi connectivity index (χ4v) is 2.86. The van der Waals surface area contributed by atoms with Crippen molar-refractivity contribution in [2.75, 3.05) is 0 Å². The summed E-state index contributed by atoms with van der Waals surface area (Å²) in [5.74, 6) is 0.563. The second kappa shape index (κ2) is 5.50. The van der Waals surface area contributed by atoms with Gasteiger partial charge in [0.1, 0.15) is 0 Å². The van der Waals surface area contributed by atoms with Crippen LogP contribution in [0.25, 0.3) is 0 Å². The summed E-state index contributed by atoms with van der Waals surface area (Å²) in [5.41, 5.74) is -0.179. The smallest absolute Gasteiger partial charge is 0.303 e. The number of aliphatic carboxylic acids is 1. The van der Waals surface area contributed by atoms with Gasteiger partial charge in [0, 0.05) is 12.8 Å². The quantitative estimate of drug-likeness (QED) is 0.871. The van der Waals surface area contributed by atoms with Gasteiger partial charge in [-0.1, -0.05) is 31.3 Å². The van der Waals surface area contributed by atoms with Gasteiger partial charge in [-0.25, -0.2) is 0 Å². The van der Waals surface area contributed by atoms with Crippen molar-refractivity contribution in [2.45, 2.75) is 58.3 Å². The molecule has 0 atom stereocenters. The van der Waals surface area contributed by atoms with Gasteiger partial charge in [-0.05, 0) is 18.3 Å². The second-order valence-corrected chi connectivity index (χ2v) is 5.27. The summed E-state index contributed by atoms with van der Waals surface area (Å²) in [6, 6.07) is 0. The summed E-state index contributed by atoms with van der Waals surface area (Å²) in [4.78, 5) is 15.4. The summed E-state index contributed by atoms with van der Waals surface area (Å²) in [6.45, 7) is 1.97. The first kappa shape index (κ1) is 13.1. The molecular weight excluding hydrogens is 232 g/mol. The molecule has 2 rings (SSSR count). The van der Waals surface area contributed by atoms with E-state index in [1.54, 1.807) is 0 Å². The standard InChI is InChI=1S/C13H20N2O3/c1-2-10-14-11(18-15-10)8-13(9-12(16)17)6-4-3-5-7-13/h2-9H2,1H3,(H,16,17). The van der Waals surface area contributed by atoms with E-state index in [1.807, 2.05) is 6.92 Å². The maximum absolute atomic E-state index is 11.1. The molecule has 0 radical (unpaired) electrons. The predicted octanol–water partition coefficient (Wildman–Crippen LogP) is 2.60. The number of aromatic nitrogens is 2. The number of carbonyl (C=O) groups is 1. The van der Waals surface area contributed by atoms with Gasteiger partial charge < -0.3 is 9.63 Å². The first-order chi connectivity index (χ1) is 8.63. The minimum absolute atomic E-state index is 0.179. The average Bonchev–Trinajstić information content (AvgIpc) is 2.76. The molecule has 1 heterocycles. The van der Waals surface area contributed by atoms with Gasteiger partial charge in [0.05, 0.1) is 6.42 Å². The molecule has 0 unspecified atom stereocenters. The molecule has 5 heteroatoms. The summed E-state index contributed by atoms with van der Waals surface area (Å²) in [6.07, 6.45) is 6.85. The molecule has 1 aromatic rings. The first-order valence-electron chi connectivity index (χ1n) is 6.67. The summed E-state index contributed by atoms with van der Waals surface area (Å²) in [7, 11) is 0. The molecule has 1 N–H and O–H groups in total. The number of carboxylic acids is 1. The van der Waals surface area contributed by atoms with Crippen molar-refractivity contribution in [3.63, 3.8) is 0 Å². The number of carboxylic acid groups (broad SMARTS) is 1. The molecule has 0 amide bonds. The molecule has 1 aromatic heterocycles. The summed E-state index contributed by atoms with van der Waals surface area (Å²) in [5, 5.41) is 13.0. The Morgan fingerprint density at radius 2 is 2.11 bits per heavy atom. The van der Waals surface area contributed by atoms with Crippen LogP contribution in [0.4, 0.5) is 0 Å². The minimum Gasteiger partial charge on any atom is -0.481 e. The monoisotopic (exact) mass is 252 g/mol. The Labute approximate surface area is 107 Å². The van der Waals surface area contributed by atoms with Crippen LogP contribution in [-0.2, 0) is 17.6 Å². The van der Waals surface area contributed by atoms with E-state index in [4.69, 9.17) is 9.63 Å². The molecule has 1 saturated carbocycles. The van der Waals surface area contributed by atoms with Crippen molar-refractivity contribution >= 4 is 5.97 Å². The highest BCUT2D eigenvalue weighted by Crippen LogP contribution is 2.41. The van der Waals surface area contributed by atoms with Gasteiger partial charge in [0.15, 0.2) is 5.82 Å². The van der Waals surface area contributed by atoms with Gasteiger partial charge in [-0.15, -0.1) is 0 Å². The fourth-order valence-electron chi connectivity index (χ4n) is 2.86. The number of nitrogens with zero attached hydrogens (tertiary/aromatic N) is 2. The van der Waals surface area contributed by atoms with Crippen molar-refractivity contribution < 1.29 is 14.4 Å². The lowest BCUT2D eigenvalue weighted by molar-refractivity contribution is -0.140. The molecule has 5 nitrogen and oxygen atoms in total. The Balaban J connectivity index is 2.10. The fraction of sp³-hybridized carbons (Fsp3) is 0.769.